The fourth-order valence-electron chi connectivity index (χ4n) is 2.69. The maximum Gasteiger partial charge on any atom is 0.137 e. The molecule has 1 aromatic carbocycles. The monoisotopic (exact) mass is 354 g/mol. The van der Waals surface area contributed by atoms with Crippen molar-refractivity contribution in [2.75, 3.05) is 32.8 Å². The first-order valence-corrected chi connectivity index (χ1v) is 9.93. The Bertz CT molecular complexity index is 432. The molecule has 0 amide bonds. The van der Waals surface area contributed by atoms with Gasteiger partial charge < -0.3 is 15.0 Å². The van der Waals surface area contributed by atoms with Crippen LogP contribution in [-0.2, 0) is 6.54 Å². The molecule has 0 aliphatic carbocycles. The number of rotatable bonds is 14. The third-order valence-corrected chi connectivity index (χ3v) is 4.40. The van der Waals surface area contributed by atoms with Gasteiger partial charge in [0.15, 0.2) is 0 Å². The summed E-state index contributed by atoms with van der Waals surface area (Å²) in [7, 11) is 0. The molecule has 0 atom stereocenters. The zero-order valence-corrected chi connectivity index (χ0v) is 16.5. The molecule has 0 fully saturated rings. The lowest BCUT2D eigenvalue weighted by atomic mass is 10.2. The molecule has 0 bridgehead atoms. The Morgan fingerprint density at radius 3 is 2.25 bits per heavy atom. The highest BCUT2D eigenvalue weighted by Crippen LogP contribution is 2.25. The fraction of sp³-hybridized carbons (Fsp3) is 0.700. The Morgan fingerprint density at radius 2 is 1.67 bits per heavy atom. The minimum Gasteiger partial charge on any atom is -0.492 e. The summed E-state index contributed by atoms with van der Waals surface area (Å²) in [6.07, 6.45) is 6.36. The lowest BCUT2D eigenvalue weighted by Crippen LogP contribution is -2.29. The number of nitrogens with one attached hydrogen (secondary N) is 1. The van der Waals surface area contributed by atoms with Crippen molar-refractivity contribution in [3.8, 4) is 5.75 Å². The topological polar surface area (TPSA) is 24.5 Å². The third kappa shape index (κ3) is 8.91. The van der Waals surface area contributed by atoms with Crippen LogP contribution in [0.2, 0.25) is 5.02 Å². The molecule has 4 heteroatoms. The SMILES string of the molecule is CCCCN(CCCC)CCCNCc1ccc(OCC)c(Cl)c1. The van der Waals surface area contributed by atoms with E-state index in [0.717, 1.165) is 18.8 Å². The Hall–Kier alpha value is -0.770. The van der Waals surface area contributed by atoms with Crippen molar-refractivity contribution in [1.29, 1.82) is 0 Å². The second-order valence-electron chi connectivity index (χ2n) is 6.28. The van der Waals surface area contributed by atoms with Crippen molar-refractivity contribution in [3.05, 3.63) is 28.8 Å². The molecule has 0 saturated heterocycles. The second-order valence-corrected chi connectivity index (χ2v) is 6.68. The fourth-order valence-corrected chi connectivity index (χ4v) is 2.94. The van der Waals surface area contributed by atoms with Crippen LogP contribution in [0, 0.1) is 0 Å². The number of nitrogens with zero attached hydrogens (tertiary/aromatic N) is 1. The van der Waals surface area contributed by atoms with Gasteiger partial charge >= 0.3 is 0 Å². The maximum absolute atomic E-state index is 6.23. The van der Waals surface area contributed by atoms with E-state index >= 15 is 0 Å². The van der Waals surface area contributed by atoms with E-state index < -0.39 is 0 Å². The number of halogens is 1. The van der Waals surface area contributed by atoms with Gasteiger partial charge in [0.25, 0.3) is 0 Å². The molecular formula is C20H35ClN2O. The van der Waals surface area contributed by atoms with E-state index in [2.05, 4.69) is 30.1 Å². The highest BCUT2D eigenvalue weighted by atomic mass is 35.5. The summed E-state index contributed by atoms with van der Waals surface area (Å²) < 4.78 is 5.47. The number of benzene rings is 1. The van der Waals surface area contributed by atoms with Gasteiger partial charge in [0, 0.05) is 6.54 Å². The second kappa shape index (κ2) is 13.5. The van der Waals surface area contributed by atoms with Crippen molar-refractivity contribution < 1.29 is 4.74 Å². The van der Waals surface area contributed by atoms with Crippen LogP contribution in [0.15, 0.2) is 18.2 Å². The highest BCUT2D eigenvalue weighted by molar-refractivity contribution is 6.32. The lowest BCUT2D eigenvalue weighted by Gasteiger charge is -2.22. The van der Waals surface area contributed by atoms with E-state index in [0.29, 0.717) is 11.6 Å². The van der Waals surface area contributed by atoms with Crippen LogP contribution < -0.4 is 10.1 Å². The third-order valence-electron chi connectivity index (χ3n) is 4.11. The van der Waals surface area contributed by atoms with E-state index in [9.17, 15) is 0 Å². The molecule has 0 saturated carbocycles. The number of ether oxygens (including phenoxy) is 1. The van der Waals surface area contributed by atoms with E-state index in [1.54, 1.807) is 0 Å². The van der Waals surface area contributed by atoms with Gasteiger partial charge in [-0.05, 0) is 70.1 Å². The molecule has 0 spiro atoms. The number of hydrogen-bond donors (Lipinski definition) is 1. The molecule has 1 rings (SSSR count). The minimum absolute atomic E-state index is 0.643. The summed E-state index contributed by atoms with van der Waals surface area (Å²) >= 11 is 6.23. The van der Waals surface area contributed by atoms with Gasteiger partial charge in [-0.1, -0.05) is 44.4 Å². The largest absolute Gasteiger partial charge is 0.492 e. The molecule has 0 radical (unpaired) electrons. The van der Waals surface area contributed by atoms with Gasteiger partial charge in [-0.3, -0.25) is 0 Å². The lowest BCUT2D eigenvalue weighted by molar-refractivity contribution is 0.261. The Kier molecular flexibility index (Phi) is 12.0. The summed E-state index contributed by atoms with van der Waals surface area (Å²) in [4.78, 5) is 2.61. The van der Waals surface area contributed by atoms with Gasteiger partial charge in [-0.2, -0.15) is 0 Å². The molecule has 0 unspecified atom stereocenters. The first-order chi connectivity index (χ1) is 11.7. The summed E-state index contributed by atoms with van der Waals surface area (Å²) in [5.74, 6) is 0.769. The summed E-state index contributed by atoms with van der Waals surface area (Å²) in [6, 6.07) is 6.03. The molecule has 1 N–H and O–H groups in total. The molecule has 138 valence electrons. The predicted octanol–water partition coefficient (Wildman–Crippen LogP) is 5.12. The van der Waals surface area contributed by atoms with Crippen molar-refractivity contribution >= 4 is 11.6 Å². The zero-order chi connectivity index (χ0) is 17.6. The van der Waals surface area contributed by atoms with Crippen molar-refractivity contribution in [2.24, 2.45) is 0 Å². The Balaban J connectivity index is 2.25. The average molecular weight is 355 g/mol. The molecule has 0 aliphatic heterocycles. The first-order valence-electron chi connectivity index (χ1n) is 9.55. The van der Waals surface area contributed by atoms with Crippen LogP contribution in [0.3, 0.4) is 0 Å². The molecule has 0 heterocycles. The van der Waals surface area contributed by atoms with Crippen LogP contribution >= 0.6 is 11.6 Å². The number of unbranched alkanes of at least 4 members (excludes halogenated alkanes) is 2. The molecule has 0 aromatic heterocycles. The minimum atomic E-state index is 0.643. The molecule has 1 aromatic rings. The van der Waals surface area contributed by atoms with Gasteiger partial charge in [0.05, 0.1) is 11.6 Å². The predicted molar refractivity (Wildman–Crippen MR) is 105 cm³/mol. The van der Waals surface area contributed by atoms with Crippen LogP contribution in [0.25, 0.3) is 0 Å². The zero-order valence-electron chi connectivity index (χ0n) is 15.7. The van der Waals surface area contributed by atoms with Crippen LogP contribution in [-0.4, -0.2) is 37.7 Å². The van der Waals surface area contributed by atoms with E-state index in [1.165, 1.54) is 57.3 Å². The maximum atomic E-state index is 6.23. The van der Waals surface area contributed by atoms with Crippen LogP contribution in [0.1, 0.15) is 58.4 Å². The van der Waals surface area contributed by atoms with Crippen LogP contribution in [0.4, 0.5) is 0 Å². The van der Waals surface area contributed by atoms with Gasteiger partial charge in [-0.15, -0.1) is 0 Å². The van der Waals surface area contributed by atoms with E-state index in [1.807, 2.05) is 19.1 Å². The summed E-state index contributed by atoms with van der Waals surface area (Å²) in [5.41, 5.74) is 1.21. The van der Waals surface area contributed by atoms with Crippen molar-refractivity contribution in [2.45, 2.75) is 59.4 Å². The van der Waals surface area contributed by atoms with E-state index in [-0.39, 0.29) is 0 Å². The normalized spacial score (nSPS) is 11.2. The molecule has 24 heavy (non-hydrogen) atoms. The Labute approximate surface area is 153 Å². The summed E-state index contributed by atoms with van der Waals surface area (Å²) in [6.45, 7) is 12.7. The highest BCUT2D eigenvalue weighted by Gasteiger charge is 2.04. The van der Waals surface area contributed by atoms with Crippen molar-refractivity contribution in [3.63, 3.8) is 0 Å². The standard InChI is InChI=1S/C20H35ClN2O/c1-4-7-13-23(14-8-5-2)15-9-12-22-17-18-10-11-20(24-6-3)19(21)16-18/h10-11,16,22H,4-9,12-15,17H2,1-3H3. The number of hydrogen-bond acceptors (Lipinski definition) is 3. The quantitative estimate of drug-likeness (QED) is 0.469. The Morgan fingerprint density at radius 1 is 1.00 bits per heavy atom. The first kappa shape index (κ1) is 21.3. The molecule has 0 aliphatic rings. The van der Waals surface area contributed by atoms with Gasteiger partial charge in [0.1, 0.15) is 5.75 Å². The van der Waals surface area contributed by atoms with Crippen LogP contribution in [0.5, 0.6) is 5.75 Å². The summed E-state index contributed by atoms with van der Waals surface area (Å²) in [5, 5.41) is 4.22. The van der Waals surface area contributed by atoms with Crippen molar-refractivity contribution in [1.82, 2.24) is 10.2 Å². The van der Waals surface area contributed by atoms with Gasteiger partial charge in [-0.25, -0.2) is 0 Å². The molecular weight excluding hydrogens is 320 g/mol. The average Bonchev–Trinajstić information content (AvgIpc) is 2.58. The van der Waals surface area contributed by atoms with E-state index in [4.69, 9.17) is 16.3 Å². The van der Waals surface area contributed by atoms with Gasteiger partial charge in [0.2, 0.25) is 0 Å². The molecule has 3 nitrogen and oxygen atoms in total. The smallest absolute Gasteiger partial charge is 0.137 e.